The van der Waals surface area contributed by atoms with Crippen molar-refractivity contribution in [2.24, 2.45) is 0 Å². The van der Waals surface area contributed by atoms with Crippen molar-refractivity contribution in [3.63, 3.8) is 0 Å². The molecule has 0 unspecified atom stereocenters. The molecule has 0 radical (unpaired) electrons. The van der Waals surface area contributed by atoms with Crippen LogP contribution in [-0.2, 0) is 19.1 Å². The van der Waals surface area contributed by atoms with Crippen molar-refractivity contribution in [1.82, 2.24) is 4.90 Å². The molecule has 1 aliphatic rings. The van der Waals surface area contributed by atoms with Gasteiger partial charge in [0.2, 0.25) is 0 Å². The van der Waals surface area contributed by atoms with Gasteiger partial charge in [-0.05, 0) is 54.5 Å². The number of nitrogens with zero attached hydrogens (tertiary/aromatic N) is 1. The zero-order valence-electron chi connectivity index (χ0n) is 19.5. The summed E-state index contributed by atoms with van der Waals surface area (Å²) in [6.07, 6.45) is 2.77. The van der Waals surface area contributed by atoms with Gasteiger partial charge in [-0.3, -0.25) is 9.69 Å². The number of aliphatic carboxylic acids is 2. The lowest BCUT2D eigenvalue weighted by Crippen LogP contribution is -2.41. The Balaban J connectivity index is 1.84. The number of Topliss-reactive ketones (excluding diaryl/α,β-unsaturated/α-hetero) is 1. The molecule has 2 aromatic rings. The highest BCUT2D eigenvalue weighted by Crippen LogP contribution is 2.24. The van der Waals surface area contributed by atoms with Gasteiger partial charge in [-0.25, -0.2) is 14.4 Å². The van der Waals surface area contributed by atoms with Crippen LogP contribution in [0.3, 0.4) is 0 Å². The number of carboxylic acids is 2. The van der Waals surface area contributed by atoms with E-state index in [4.69, 9.17) is 24.4 Å². The van der Waals surface area contributed by atoms with E-state index in [0.29, 0.717) is 33.8 Å². The molecular formula is C26H25NO9. The molecule has 0 spiro atoms. The summed E-state index contributed by atoms with van der Waals surface area (Å²) in [5, 5.41) is 17.4. The Morgan fingerprint density at radius 2 is 1.22 bits per heavy atom. The molecule has 0 saturated carbocycles. The van der Waals surface area contributed by atoms with Crippen molar-refractivity contribution in [1.29, 1.82) is 0 Å². The number of benzene rings is 2. The first-order valence-electron chi connectivity index (χ1n) is 11.0. The lowest BCUT2D eigenvalue weighted by atomic mass is 9.94. The minimum atomic E-state index is -1.09. The van der Waals surface area contributed by atoms with Gasteiger partial charge >= 0.3 is 18.0 Å². The molecule has 3 rings (SSSR count). The molecule has 2 N–H and O–H groups in total. The zero-order valence-corrected chi connectivity index (χ0v) is 19.5. The predicted octanol–water partition coefficient (Wildman–Crippen LogP) is 3.12. The maximum Gasteiger partial charge on any atom is 0.410 e. The van der Waals surface area contributed by atoms with Gasteiger partial charge in [0.15, 0.2) is 19.0 Å². The van der Waals surface area contributed by atoms with E-state index in [1.807, 2.05) is 0 Å². The molecule has 1 heterocycles. The van der Waals surface area contributed by atoms with E-state index in [9.17, 15) is 19.2 Å². The zero-order chi connectivity index (χ0) is 26.1. The van der Waals surface area contributed by atoms with Crippen molar-refractivity contribution in [3.05, 3.63) is 70.8 Å². The quantitative estimate of drug-likeness (QED) is 0.502. The Morgan fingerprint density at radius 3 is 1.58 bits per heavy atom. The van der Waals surface area contributed by atoms with E-state index in [0.717, 1.165) is 0 Å². The van der Waals surface area contributed by atoms with Crippen LogP contribution < -0.4 is 9.47 Å². The standard InChI is InChI=1S/C26H25NO9/c1-2-34-26(33)27-13-19(11-17-3-7-21(8-4-17)35-15-23(28)29)25(32)20(14-27)12-18-5-9-22(10-6-18)36-16-24(30)31/h3-12H,2,13-16H2,1H3,(H,28,29)(H,30,31)/b19-11+,20-12+. The number of carbonyl (C=O) groups excluding carboxylic acids is 2. The van der Waals surface area contributed by atoms with Crippen LogP contribution in [0.5, 0.6) is 11.5 Å². The highest BCUT2D eigenvalue weighted by molar-refractivity contribution is 6.15. The topological polar surface area (TPSA) is 140 Å². The van der Waals surface area contributed by atoms with Crippen LogP contribution in [0, 0.1) is 0 Å². The van der Waals surface area contributed by atoms with Crippen LogP contribution in [0.15, 0.2) is 59.7 Å². The predicted molar refractivity (Wildman–Crippen MR) is 129 cm³/mol. The number of rotatable bonds is 9. The molecule has 0 bridgehead atoms. The summed E-state index contributed by atoms with van der Waals surface area (Å²) in [5.74, 6) is -1.66. The molecule has 0 atom stereocenters. The minimum absolute atomic E-state index is 0.0637. The Hall–Kier alpha value is -4.60. The molecule has 1 fully saturated rings. The molecule has 1 amide bonds. The second kappa shape index (κ2) is 12.2. The van der Waals surface area contributed by atoms with Crippen LogP contribution >= 0.6 is 0 Å². The Morgan fingerprint density at radius 1 is 0.806 bits per heavy atom. The second-order valence-electron chi connectivity index (χ2n) is 7.73. The summed E-state index contributed by atoms with van der Waals surface area (Å²) in [5.41, 5.74) is 2.10. The van der Waals surface area contributed by atoms with Crippen LogP contribution in [0.25, 0.3) is 12.2 Å². The van der Waals surface area contributed by atoms with Crippen LogP contribution in [0.2, 0.25) is 0 Å². The lowest BCUT2D eigenvalue weighted by Gasteiger charge is -2.29. The summed E-state index contributed by atoms with van der Waals surface area (Å²) in [6.45, 7) is 1.09. The fraction of sp³-hybridized carbons (Fsp3) is 0.231. The molecule has 0 aliphatic carbocycles. The van der Waals surface area contributed by atoms with Gasteiger partial charge in [0.1, 0.15) is 11.5 Å². The minimum Gasteiger partial charge on any atom is -0.482 e. The van der Waals surface area contributed by atoms with Crippen molar-refractivity contribution in [2.75, 3.05) is 32.9 Å². The number of ether oxygens (including phenoxy) is 3. The largest absolute Gasteiger partial charge is 0.482 e. The molecule has 188 valence electrons. The van der Waals surface area contributed by atoms with Gasteiger partial charge in [-0.1, -0.05) is 24.3 Å². The lowest BCUT2D eigenvalue weighted by molar-refractivity contribution is -0.140. The molecule has 10 nitrogen and oxygen atoms in total. The second-order valence-corrected chi connectivity index (χ2v) is 7.73. The summed E-state index contributed by atoms with van der Waals surface area (Å²) >= 11 is 0. The average molecular weight is 495 g/mol. The van der Waals surface area contributed by atoms with Gasteiger partial charge in [-0.15, -0.1) is 0 Å². The van der Waals surface area contributed by atoms with E-state index in [1.165, 1.54) is 4.90 Å². The first kappa shape index (κ1) is 26.0. The molecule has 1 aliphatic heterocycles. The van der Waals surface area contributed by atoms with Gasteiger partial charge in [0.25, 0.3) is 0 Å². The fourth-order valence-corrected chi connectivity index (χ4v) is 3.40. The molecule has 0 aromatic heterocycles. The van der Waals surface area contributed by atoms with Crippen LogP contribution in [0.1, 0.15) is 18.1 Å². The molecule has 2 aromatic carbocycles. The third kappa shape index (κ3) is 7.45. The summed E-state index contributed by atoms with van der Waals surface area (Å²) in [4.78, 5) is 48.4. The highest BCUT2D eigenvalue weighted by atomic mass is 16.6. The number of hydrogen-bond acceptors (Lipinski definition) is 7. The van der Waals surface area contributed by atoms with Crippen molar-refractivity contribution in [2.45, 2.75) is 6.92 Å². The number of likely N-dealkylation sites (tertiary alicyclic amines) is 1. The average Bonchev–Trinajstić information content (AvgIpc) is 2.85. The molecular weight excluding hydrogens is 470 g/mol. The smallest absolute Gasteiger partial charge is 0.410 e. The SMILES string of the molecule is CCOC(=O)N1C/C(=C\c2ccc(OCC(=O)O)cc2)C(=O)/C(=C/c2ccc(OCC(=O)O)cc2)C1. The third-order valence-electron chi connectivity index (χ3n) is 5.00. The molecule has 36 heavy (non-hydrogen) atoms. The van der Waals surface area contributed by atoms with Gasteiger partial charge < -0.3 is 24.4 Å². The van der Waals surface area contributed by atoms with E-state index < -0.39 is 31.2 Å². The first-order chi connectivity index (χ1) is 17.2. The number of hydrogen-bond donors (Lipinski definition) is 2. The van der Waals surface area contributed by atoms with Gasteiger partial charge in [-0.2, -0.15) is 0 Å². The third-order valence-corrected chi connectivity index (χ3v) is 5.00. The van der Waals surface area contributed by atoms with Crippen molar-refractivity contribution < 1.29 is 43.6 Å². The maximum absolute atomic E-state index is 13.3. The summed E-state index contributed by atoms with van der Waals surface area (Å²) < 4.78 is 15.4. The van der Waals surface area contributed by atoms with Crippen molar-refractivity contribution >= 4 is 36.0 Å². The normalized spacial score (nSPS) is 15.6. The van der Waals surface area contributed by atoms with Crippen molar-refractivity contribution in [3.8, 4) is 11.5 Å². The number of piperidine rings is 1. The highest BCUT2D eigenvalue weighted by Gasteiger charge is 2.29. The molecule has 1 saturated heterocycles. The van der Waals surface area contributed by atoms with Gasteiger partial charge in [0.05, 0.1) is 19.7 Å². The van der Waals surface area contributed by atoms with Gasteiger partial charge in [0, 0.05) is 11.1 Å². The Bertz CT molecular complexity index is 1100. The number of carboxylic acid groups (broad SMARTS) is 2. The molecule has 10 heteroatoms. The van der Waals surface area contributed by atoms with Crippen LogP contribution in [-0.4, -0.2) is 71.8 Å². The fourth-order valence-electron chi connectivity index (χ4n) is 3.40. The van der Waals surface area contributed by atoms with E-state index in [2.05, 4.69) is 0 Å². The Labute approximate surface area is 207 Å². The summed E-state index contributed by atoms with van der Waals surface area (Å²) in [6, 6.07) is 13.1. The number of ketones is 1. The maximum atomic E-state index is 13.3. The van der Waals surface area contributed by atoms with Crippen LogP contribution in [0.4, 0.5) is 4.79 Å². The van der Waals surface area contributed by atoms with E-state index >= 15 is 0 Å². The summed E-state index contributed by atoms with van der Waals surface area (Å²) in [7, 11) is 0. The van der Waals surface area contributed by atoms with E-state index in [-0.39, 0.29) is 25.5 Å². The Kier molecular flexibility index (Phi) is 8.82. The monoisotopic (exact) mass is 495 g/mol. The van der Waals surface area contributed by atoms with E-state index in [1.54, 1.807) is 67.6 Å². The number of amides is 1. The number of carbonyl (C=O) groups is 4. The first-order valence-corrected chi connectivity index (χ1v) is 11.0.